The van der Waals surface area contributed by atoms with Gasteiger partial charge in [0.15, 0.2) is 16.6 Å². The van der Waals surface area contributed by atoms with Gasteiger partial charge in [0, 0.05) is 30.6 Å². The van der Waals surface area contributed by atoms with E-state index in [1.54, 1.807) is 67.8 Å². The highest BCUT2D eigenvalue weighted by Gasteiger charge is 2.34. The van der Waals surface area contributed by atoms with Crippen molar-refractivity contribution < 1.29 is 28.6 Å². The van der Waals surface area contributed by atoms with Gasteiger partial charge in [0.1, 0.15) is 12.3 Å². The standard InChI is InChI=1S/C29H34N4O6S/c1-32(14-13-19-5-12-24(38-3)25(15-19)39-4)27(35)16-21-18-40-29(30-21)31-26(34)17-33(22-8-9-22)28(36)20-6-10-23(37-2)11-7-20/h5-7,10-12,15,18,22H,8-9,13-14,16-17H2,1-4H3,(H,30,31,34). The van der Waals surface area contributed by atoms with Crippen LogP contribution in [0.15, 0.2) is 47.8 Å². The molecule has 40 heavy (non-hydrogen) atoms. The highest BCUT2D eigenvalue weighted by atomic mass is 32.1. The van der Waals surface area contributed by atoms with E-state index >= 15 is 0 Å². The van der Waals surface area contributed by atoms with Gasteiger partial charge in [-0.2, -0.15) is 0 Å². The molecule has 212 valence electrons. The van der Waals surface area contributed by atoms with Gasteiger partial charge in [-0.25, -0.2) is 4.98 Å². The first-order valence-corrected chi connectivity index (χ1v) is 13.8. The lowest BCUT2D eigenvalue weighted by atomic mass is 10.1. The number of benzene rings is 2. The van der Waals surface area contributed by atoms with Crippen LogP contribution in [0.5, 0.6) is 17.2 Å². The van der Waals surface area contributed by atoms with Gasteiger partial charge >= 0.3 is 0 Å². The van der Waals surface area contributed by atoms with Crippen molar-refractivity contribution in [3.05, 3.63) is 64.7 Å². The van der Waals surface area contributed by atoms with Crippen LogP contribution in [0.25, 0.3) is 0 Å². The number of nitrogens with one attached hydrogen (secondary N) is 1. The molecule has 3 amide bonds. The van der Waals surface area contributed by atoms with Gasteiger partial charge in [-0.3, -0.25) is 14.4 Å². The minimum absolute atomic E-state index is 0.0550. The zero-order valence-corrected chi connectivity index (χ0v) is 24.0. The summed E-state index contributed by atoms with van der Waals surface area (Å²) in [6, 6.07) is 12.6. The predicted molar refractivity (Wildman–Crippen MR) is 152 cm³/mol. The highest BCUT2D eigenvalue weighted by Crippen LogP contribution is 2.29. The number of ether oxygens (including phenoxy) is 3. The minimum atomic E-state index is -0.326. The fourth-order valence-electron chi connectivity index (χ4n) is 4.16. The van der Waals surface area contributed by atoms with Crippen LogP contribution in [-0.4, -0.2) is 80.0 Å². The normalized spacial score (nSPS) is 12.4. The molecule has 0 atom stereocenters. The van der Waals surface area contributed by atoms with Gasteiger partial charge in [-0.15, -0.1) is 11.3 Å². The van der Waals surface area contributed by atoms with Gasteiger partial charge in [-0.1, -0.05) is 6.07 Å². The van der Waals surface area contributed by atoms with Crippen molar-refractivity contribution in [1.29, 1.82) is 0 Å². The Morgan fingerprint density at radius 1 is 1.00 bits per heavy atom. The highest BCUT2D eigenvalue weighted by molar-refractivity contribution is 7.13. The molecule has 0 radical (unpaired) electrons. The molecule has 0 aliphatic heterocycles. The second kappa shape index (κ2) is 13.3. The van der Waals surface area contributed by atoms with Crippen LogP contribution >= 0.6 is 11.3 Å². The SMILES string of the molecule is COc1ccc(C(=O)N(CC(=O)Nc2nc(CC(=O)N(C)CCc3ccc(OC)c(OC)c3)cs2)C2CC2)cc1. The van der Waals surface area contributed by atoms with E-state index in [0.717, 1.165) is 18.4 Å². The van der Waals surface area contributed by atoms with E-state index in [1.165, 1.54) is 11.3 Å². The molecule has 1 heterocycles. The molecule has 2 aromatic carbocycles. The first-order chi connectivity index (χ1) is 19.3. The number of carbonyl (C=O) groups is 3. The number of anilines is 1. The smallest absolute Gasteiger partial charge is 0.254 e. The van der Waals surface area contributed by atoms with Gasteiger partial charge in [0.05, 0.1) is 33.4 Å². The lowest BCUT2D eigenvalue weighted by Gasteiger charge is -2.21. The fraction of sp³-hybridized carbons (Fsp3) is 0.379. The van der Waals surface area contributed by atoms with Crippen molar-refractivity contribution in [3.63, 3.8) is 0 Å². The molecule has 10 nitrogen and oxygen atoms in total. The third kappa shape index (κ3) is 7.50. The Morgan fingerprint density at radius 2 is 1.73 bits per heavy atom. The van der Waals surface area contributed by atoms with Crippen LogP contribution in [0.4, 0.5) is 5.13 Å². The van der Waals surface area contributed by atoms with Crippen molar-refractivity contribution in [2.75, 3.05) is 46.8 Å². The first-order valence-electron chi connectivity index (χ1n) is 13.0. The Bertz CT molecular complexity index is 1340. The zero-order valence-electron chi connectivity index (χ0n) is 23.1. The van der Waals surface area contributed by atoms with E-state index in [0.29, 0.717) is 46.6 Å². The summed E-state index contributed by atoms with van der Waals surface area (Å²) in [6.07, 6.45) is 2.53. The predicted octanol–water partition coefficient (Wildman–Crippen LogP) is 3.66. The third-order valence-electron chi connectivity index (χ3n) is 6.64. The first kappa shape index (κ1) is 28.9. The van der Waals surface area contributed by atoms with Crippen LogP contribution in [0.1, 0.15) is 34.5 Å². The van der Waals surface area contributed by atoms with Crippen LogP contribution in [0.2, 0.25) is 0 Å². The summed E-state index contributed by atoms with van der Waals surface area (Å²) in [5.74, 6) is 1.38. The summed E-state index contributed by atoms with van der Waals surface area (Å²) < 4.78 is 15.8. The molecule has 0 bridgehead atoms. The Labute approximate surface area is 237 Å². The molecular weight excluding hydrogens is 532 g/mol. The Kier molecular flexibility index (Phi) is 9.60. The molecule has 1 saturated carbocycles. The molecule has 0 saturated heterocycles. The number of rotatable bonds is 13. The largest absolute Gasteiger partial charge is 0.497 e. The van der Waals surface area contributed by atoms with Gasteiger partial charge in [0.25, 0.3) is 5.91 Å². The lowest BCUT2D eigenvalue weighted by Crippen LogP contribution is -2.39. The summed E-state index contributed by atoms with van der Waals surface area (Å²) in [7, 11) is 6.50. The average molecular weight is 567 g/mol. The molecule has 11 heteroatoms. The molecular formula is C29H34N4O6S. The molecule has 0 unspecified atom stereocenters. The van der Waals surface area contributed by atoms with Crippen molar-refractivity contribution >= 4 is 34.2 Å². The van der Waals surface area contributed by atoms with E-state index < -0.39 is 0 Å². The number of thiazole rings is 1. The number of aromatic nitrogens is 1. The van der Waals surface area contributed by atoms with Gasteiger partial charge in [-0.05, 0) is 61.2 Å². The Morgan fingerprint density at radius 3 is 2.38 bits per heavy atom. The quantitative estimate of drug-likeness (QED) is 0.336. The number of methoxy groups -OCH3 is 3. The average Bonchev–Trinajstić information content (AvgIpc) is 3.73. The maximum Gasteiger partial charge on any atom is 0.254 e. The molecule has 1 N–H and O–H groups in total. The molecule has 1 fully saturated rings. The maximum atomic E-state index is 13.0. The Hall–Kier alpha value is -4.12. The van der Waals surface area contributed by atoms with Crippen molar-refractivity contribution in [3.8, 4) is 17.2 Å². The monoisotopic (exact) mass is 566 g/mol. The molecule has 1 aromatic heterocycles. The van der Waals surface area contributed by atoms with E-state index in [4.69, 9.17) is 14.2 Å². The Balaban J connectivity index is 1.27. The topological polar surface area (TPSA) is 110 Å². The molecule has 0 spiro atoms. The number of likely N-dealkylation sites (N-methyl/N-ethyl adjacent to an activating group) is 1. The minimum Gasteiger partial charge on any atom is -0.497 e. The number of carbonyl (C=O) groups excluding carboxylic acids is 3. The zero-order chi connectivity index (χ0) is 28.6. The van der Waals surface area contributed by atoms with Crippen molar-refractivity contribution in [2.45, 2.75) is 31.7 Å². The summed E-state index contributed by atoms with van der Waals surface area (Å²) in [5.41, 5.74) is 2.11. The van der Waals surface area contributed by atoms with Crippen LogP contribution in [-0.2, 0) is 22.4 Å². The summed E-state index contributed by atoms with van der Waals surface area (Å²) in [4.78, 5) is 46.3. The molecule has 3 aromatic rings. The van der Waals surface area contributed by atoms with Crippen LogP contribution < -0.4 is 19.5 Å². The van der Waals surface area contributed by atoms with E-state index in [1.807, 2.05) is 18.2 Å². The van der Waals surface area contributed by atoms with Crippen molar-refractivity contribution in [2.24, 2.45) is 0 Å². The van der Waals surface area contributed by atoms with Crippen LogP contribution in [0.3, 0.4) is 0 Å². The molecule has 1 aliphatic rings. The van der Waals surface area contributed by atoms with Crippen LogP contribution in [0, 0.1) is 0 Å². The second-order valence-corrected chi connectivity index (χ2v) is 10.4. The summed E-state index contributed by atoms with van der Waals surface area (Å²) >= 11 is 1.25. The van der Waals surface area contributed by atoms with Gasteiger partial charge < -0.3 is 29.3 Å². The third-order valence-corrected chi connectivity index (χ3v) is 7.45. The molecule has 4 rings (SSSR count). The van der Waals surface area contributed by atoms with Crippen molar-refractivity contribution in [1.82, 2.24) is 14.8 Å². The second-order valence-electron chi connectivity index (χ2n) is 9.52. The van der Waals surface area contributed by atoms with E-state index in [-0.39, 0.29) is 36.7 Å². The van der Waals surface area contributed by atoms with Gasteiger partial charge in [0.2, 0.25) is 11.8 Å². The number of hydrogen-bond acceptors (Lipinski definition) is 8. The van der Waals surface area contributed by atoms with E-state index in [2.05, 4.69) is 10.3 Å². The lowest BCUT2D eigenvalue weighted by molar-refractivity contribution is -0.129. The summed E-state index contributed by atoms with van der Waals surface area (Å²) in [5, 5.41) is 4.93. The number of hydrogen-bond donors (Lipinski definition) is 1. The fourth-order valence-corrected chi connectivity index (χ4v) is 4.89. The summed E-state index contributed by atoms with van der Waals surface area (Å²) in [6.45, 7) is 0.462. The van der Waals surface area contributed by atoms with E-state index in [9.17, 15) is 14.4 Å². The maximum absolute atomic E-state index is 13.0. The molecule has 1 aliphatic carbocycles. The number of nitrogens with zero attached hydrogens (tertiary/aromatic N) is 3. The number of amides is 3.